The maximum atomic E-state index is 11.3. The van der Waals surface area contributed by atoms with Gasteiger partial charge in [-0.1, -0.05) is 6.92 Å². The number of rotatable bonds is 5. The monoisotopic (exact) mass is 237 g/mol. The molecule has 0 spiro atoms. The molecule has 1 aliphatic heterocycles. The number of morpholine rings is 1. The Morgan fingerprint density at radius 1 is 1.53 bits per heavy atom. The second-order valence-corrected chi connectivity index (χ2v) is 5.39. The molecule has 90 valence electrons. The van der Waals surface area contributed by atoms with Crippen molar-refractivity contribution in [3.8, 4) is 0 Å². The molecule has 0 radical (unpaired) electrons. The minimum atomic E-state index is -3.39. The number of hydrogen-bond donors (Lipinski definition) is 1. The molecule has 1 fully saturated rings. The first kappa shape index (κ1) is 12.9. The summed E-state index contributed by atoms with van der Waals surface area (Å²) in [6, 6.07) is 0. The topological polar surface area (TPSA) is 64.6 Å². The van der Waals surface area contributed by atoms with Gasteiger partial charge in [0.1, 0.15) is 6.10 Å². The van der Waals surface area contributed by atoms with Crippen molar-refractivity contribution >= 4 is 10.1 Å². The van der Waals surface area contributed by atoms with Crippen molar-refractivity contribution in [2.75, 3.05) is 25.4 Å². The highest BCUT2D eigenvalue weighted by Crippen LogP contribution is 2.13. The normalized spacial score (nSPS) is 25.1. The summed E-state index contributed by atoms with van der Waals surface area (Å²) in [4.78, 5) is 0. The molecule has 1 N–H and O–H groups in total. The van der Waals surface area contributed by atoms with E-state index >= 15 is 0 Å². The number of ether oxygens (including phenoxy) is 1. The van der Waals surface area contributed by atoms with E-state index in [1.54, 1.807) is 6.92 Å². The van der Waals surface area contributed by atoms with Gasteiger partial charge in [0, 0.05) is 13.1 Å². The molecular formula is C9H19NO4S. The van der Waals surface area contributed by atoms with Gasteiger partial charge in [-0.05, 0) is 13.3 Å². The van der Waals surface area contributed by atoms with Crippen LogP contribution in [0.5, 0.6) is 0 Å². The molecule has 0 aromatic carbocycles. The van der Waals surface area contributed by atoms with Crippen LogP contribution in [0.3, 0.4) is 0 Å². The van der Waals surface area contributed by atoms with Gasteiger partial charge in [-0.3, -0.25) is 4.18 Å². The Morgan fingerprint density at radius 2 is 2.27 bits per heavy atom. The fourth-order valence-electron chi connectivity index (χ4n) is 1.47. The van der Waals surface area contributed by atoms with Gasteiger partial charge >= 0.3 is 0 Å². The Balaban J connectivity index is 2.54. The van der Waals surface area contributed by atoms with Gasteiger partial charge in [-0.15, -0.1) is 0 Å². The van der Waals surface area contributed by atoms with E-state index in [0.29, 0.717) is 19.6 Å². The summed E-state index contributed by atoms with van der Waals surface area (Å²) >= 11 is 0. The highest BCUT2D eigenvalue weighted by Gasteiger charge is 2.27. The molecule has 0 aromatic rings. The molecule has 0 aliphatic carbocycles. The summed E-state index contributed by atoms with van der Waals surface area (Å²) in [5.74, 6) is 0.00362. The Hall–Kier alpha value is -0.170. The van der Waals surface area contributed by atoms with Crippen molar-refractivity contribution in [3.63, 3.8) is 0 Å². The number of hydrogen-bond acceptors (Lipinski definition) is 5. The lowest BCUT2D eigenvalue weighted by atomic mass is 10.1. The first-order chi connectivity index (χ1) is 7.09. The fraction of sp³-hybridized carbons (Fsp3) is 1.00. The standard InChI is InChI=1S/C9H19NO4S/c1-3-8(14-15(11,12)4-2)9-7-10-5-6-13-9/h8-10H,3-7H2,1-2H3. The first-order valence-electron chi connectivity index (χ1n) is 5.32. The third kappa shape index (κ3) is 4.06. The quantitative estimate of drug-likeness (QED) is 0.688. The third-order valence-corrected chi connectivity index (χ3v) is 3.64. The molecule has 0 bridgehead atoms. The van der Waals surface area contributed by atoms with Crippen LogP contribution < -0.4 is 5.32 Å². The zero-order valence-corrected chi connectivity index (χ0v) is 10.0. The van der Waals surface area contributed by atoms with E-state index in [1.165, 1.54) is 0 Å². The second kappa shape index (κ2) is 5.79. The Kier molecular flexibility index (Phi) is 4.98. The van der Waals surface area contributed by atoms with Gasteiger partial charge < -0.3 is 10.1 Å². The molecule has 0 saturated carbocycles. The van der Waals surface area contributed by atoms with E-state index in [-0.39, 0.29) is 18.0 Å². The predicted octanol–water partition coefficient (Wildman–Crippen LogP) is 0.120. The van der Waals surface area contributed by atoms with Crippen molar-refractivity contribution in [1.29, 1.82) is 0 Å². The van der Waals surface area contributed by atoms with E-state index in [2.05, 4.69) is 5.32 Å². The maximum absolute atomic E-state index is 11.3. The van der Waals surface area contributed by atoms with Crippen LogP contribution in [0.4, 0.5) is 0 Å². The maximum Gasteiger partial charge on any atom is 0.267 e. The summed E-state index contributed by atoms with van der Waals surface area (Å²) < 4.78 is 33.2. The molecule has 0 amide bonds. The van der Waals surface area contributed by atoms with Gasteiger partial charge in [-0.25, -0.2) is 0 Å². The minimum absolute atomic E-state index is 0.00362. The van der Waals surface area contributed by atoms with Crippen LogP contribution in [0, 0.1) is 0 Å². The minimum Gasteiger partial charge on any atom is -0.373 e. The smallest absolute Gasteiger partial charge is 0.267 e. The molecule has 2 atom stereocenters. The average molecular weight is 237 g/mol. The predicted molar refractivity (Wildman–Crippen MR) is 57.2 cm³/mol. The summed E-state index contributed by atoms with van der Waals surface area (Å²) in [6.07, 6.45) is 0.0961. The lowest BCUT2D eigenvalue weighted by Gasteiger charge is -2.29. The summed E-state index contributed by atoms with van der Waals surface area (Å²) in [5, 5.41) is 3.15. The van der Waals surface area contributed by atoms with Crippen LogP contribution in [0.2, 0.25) is 0 Å². The van der Waals surface area contributed by atoms with Gasteiger partial charge in [0.15, 0.2) is 0 Å². The number of nitrogens with one attached hydrogen (secondary N) is 1. The van der Waals surface area contributed by atoms with Crippen LogP contribution >= 0.6 is 0 Å². The van der Waals surface area contributed by atoms with Gasteiger partial charge in [-0.2, -0.15) is 8.42 Å². The summed E-state index contributed by atoms with van der Waals surface area (Å²) in [7, 11) is -3.39. The lowest BCUT2D eigenvalue weighted by Crippen LogP contribution is -2.46. The molecule has 5 nitrogen and oxygen atoms in total. The zero-order valence-electron chi connectivity index (χ0n) is 9.23. The summed E-state index contributed by atoms with van der Waals surface area (Å²) in [6.45, 7) is 5.54. The summed E-state index contributed by atoms with van der Waals surface area (Å²) in [5.41, 5.74) is 0. The highest BCUT2D eigenvalue weighted by molar-refractivity contribution is 7.86. The first-order valence-corrected chi connectivity index (χ1v) is 6.90. The molecule has 0 aromatic heterocycles. The van der Waals surface area contributed by atoms with Gasteiger partial charge in [0.05, 0.1) is 18.5 Å². The Bertz CT molecular complexity index is 272. The lowest BCUT2D eigenvalue weighted by molar-refractivity contribution is -0.0406. The van der Waals surface area contributed by atoms with Crippen LogP contribution in [-0.4, -0.2) is 46.1 Å². The van der Waals surface area contributed by atoms with Crippen LogP contribution in [0.15, 0.2) is 0 Å². The van der Waals surface area contributed by atoms with E-state index in [9.17, 15) is 8.42 Å². The largest absolute Gasteiger partial charge is 0.373 e. The molecular weight excluding hydrogens is 218 g/mol. The molecule has 2 unspecified atom stereocenters. The van der Waals surface area contributed by atoms with Crippen molar-refractivity contribution < 1.29 is 17.3 Å². The zero-order chi connectivity index (χ0) is 11.3. The van der Waals surface area contributed by atoms with Crippen LogP contribution in [-0.2, 0) is 19.0 Å². The van der Waals surface area contributed by atoms with Crippen molar-refractivity contribution in [3.05, 3.63) is 0 Å². The molecule has 1 aliphatic rings. The molecule has 1 heterocycles. The molecule has 1 saturated heterocycles. The second-order valence-electron chi connectivity index (χ2n) is 3.50. The third-order valence-electron chi connectivity index (χ3n) is 2.40. The van der Waals surface area contributed by atoms with E-state index in [0.717, 1.165) is 6.54 Å². The molecule has 1 rings (SSSR count). The van der Waals surface area contributed by atoms with Crippen LogP contribution in [0.1, 0.15) is 20.3 Å². The van der Waals surface area contributed by atoms with Gasteiger partial charge in [0.25, 0.3) is 10.1 Å². The average Bonchev–Trinajstić information content (AvgIpc) is 2.27. The van der Waals surface area contributed by atoms with E-state index in [4.69, 9.17) is 8.92 Å². The van der Waals surface area contributed by atoms with Gasteiger partial charge in [0.2, 0.25) is 0 Å². The SMILES string of the molecule is CCC(OS(=O)(=O)CC)C1CNCCO1. The Labute approximate surface area is 91.3 Å². The van der Waals surface area contributed by atoms with Crippen LogP contribution in [0.25, 0.3) is 0 Å². The Morgan fingerprint density at radius 3 is 2.73 bits per heavy atom. The molecule has 6 heteroatoms. The van der Waals surface area contributed by atoms with E-state index in [1.807, 2.05) is 6.92 Å². The van der Waals surface area contributed by atoms with Crippen molar-refractivity contribution in [1.82, 2.24) is 5.32 Å². The van der Waals surface area contributed by atoms with Crippen molar-refractivity contribution in [2.45, 2.75) is 32.5 Å². The molecule has 15 heavy (non-hydrogen) atoms. The fourth-order valence-corrected chi connectivity index (χ4v) is 2.25. The van der Waals surface area contributed by atoms with E-state index < -0.39 is 10.1 Å². The highest BCUT2D eigenvalue weighted by atomic mass is 32.2. The van der Waals surface area contributed by atoms with Crippen molar-refractivity contribution in [2.24, 2.45) is 0 Å².